The highest BCUT2D eigenvalue weighted by Crippen LogP contribution is 2.58. The molecule has 0 spiro atoms. The highest BCUT2D eigenvalue weighted by molar-refractivity contribution is 6.04. The number of cyclic esters (lactones) is 1. The first-order valence-electron chi connectivity index (χ1n) is 5.40. The average molecular weight is 212 g/mol. The zero-order chi connectivity index (χ0) is 11.1. The number of fused-ring (bicyclic) bond motifs is 1. The van der Waals surface area contributed by atoms with Crippen LogP contribution in [0.2, 0.25) is 0 Å². The van der Waals surface area contributed by atoms with Gasteiger partial charge in [0, 0.05) is 0 Å². The topological polar surface area (TPSA) is 52.6 Å². The minimum Gasteiger partial charge on any atom is -0.468 e. The van der Waals surface area contributed by atoms with Crippen molar-refractivity contribution in [1.82, 2.24) is 0 Å². The average Bonchev–Trinajstić information content (AvgIpc) is 2.97. The Labute approximate surface area is 88.9 Å². The van der Waals surface area contributed by atoms with Crippen molar-refractivity contribution in [3.8, 4) is 0 Å². The summed E-state index contributed by atoms with van der Waals surface area (Å²) in [7, 11) is 1.32. The van der Waals surface area contributed by atoms with Gasteiger partial charge >= 0.3 is 11.9 Å². The predicted octanol–water partition coefficient (Wildman–Crippen LogP) is 1.14. The van der Waals surface area contributed by atoms with Crippen LogP contribution < -0.4 is 0 Å². The van der Waals surface area contributed by atoms with Crippen molar-refractivity contribution < 1.29 is 19.1 Å². The summed E-state index contributed by atoms with van der Waals surface area (Å²) in [5.41, 5.74) is -0.946. The van der Waals surface area contributed by atoms with E-state index >= 15 is 0 Å². The normalized spacial score (nSPS) is 38.7. The lowest BCUT2D eigenvalue weighted by atomic mass is 9.96. The summed E-state index contributed by atoms with van der Waals surface area (Å²) in [6.45, 7) is 2.52. The maximum atomic E-state index is 11.7. The van der Waals surface area contributed by atoms with Crippen molar-refractivity contribution in [1.29, 1.82) is 0 Å². The number of ether oxygens (including phenoxy) is 2. The van der Waals surface area contributed by atoms with Crippen molar-refractivity contribution in [2.24, 2.45) is 17.3 Å². The molecule has 84 valence electrons. The van der Waals surface area contributed by atoms with E-state index in [0.717, 1.165) is 12.8 Å². The van der Waals surface area contributed by atoms with Gasteiger partial charge in [-0.05, 0) is 24.7 Å². The second-order valence-electron chi connectivity index (χ2n) is 4.47. The van der Waals surface area contributed by atoms with Crippen LogP contribution in [0.3, 0.4) is 0 Å². The fraction of sp³-hybridized carbons (Fsp3) is 0.818. The molecule has 3 unspecified atom stereocenters. The van der Waals surface area contributed by atoms with Gasteiger partial charge in [0.1, 0.15) is 0 Å². The molecule has 1 aliphatic carbocycles. The maximum Gasteiger partial charge on any atom is 0.323 e. The lowest BCUT2D eigenvalue weighted by Gasteiger charge is -2.11. The molecule has 0 radical (unpaired) electrons. The van der Waals surface area contributed by atoms with E-state index in [-0.39, 0.29) is 11.9 Å². The Bertz CT molecular complexity index is 299. The van der Waals surface area contributed by atoms with E-state index < -0.39 is 11.4 Å². The summed E-state index contributed by atoms with van der Waals surface area (Å²) in [4.78, 5) is 23.3. The molecule has 3 atom stereocenters. The molecule has 1 saturated heterocycles. The van der Waals surface area contributed by atoms with Gasteiger partial charge in [0.05, 0.1) is 13.7 Å². The molecular formula is C11H16O4. The molecule has 15 heavy (non-hydrogen) atoms. The molecular weight excluding hydrogens is 196 g/mol. The molecule has 0 N–H and O–H groups in total. The Morgan fingerprint density at radius 1 is 1.67 bits per heavy atom. The van der Waals surface area contributed by atoms with Crippen LogP contribution in [0.4, 0.5) is 0 Å². The van der Waals surface area contributed by atoms with Gasteiger partial charge in [-0.1, -0.05) is 13.3 Å². The number of carbonyl (C=O) groups is 2. The first-order valence-corrected chi connectivity index (χ1v) is 5.40. The molecule has 1 heterocycles. The molecule has 2 fully saturated rings. The molecule has 4 heteroatoms. The third-order valence-electron chi connectivity index (χ3n) is 3.66. The van der Waals surface area contributed by atoms with Crippen LogP contribution in [-0.2, 0) is 19.1 Å². The van der Waals surface area contributed by atoms with Gasteiger partial charge < -0.3 is 9.47 Å². The molecule has 0 aromatic heterocycles. The number of carbonyl (C=O) groups excluding carboxylic acids is 2. The summed E-state index contributed by atoms with van der Waals surface area (Å²) < 4.78 is 9.84. The Morgan fingerprint density at radius 2 is 2.40 bits per heavy atom. The monoisotopic (exact) mass is 212 g/mol. The molecule has 2 aliphatic rings. The van der Waals surface area contributed by atoms with E-state index in [1.807, 2.05) is 0 Å². The van der Waals surface area contributed by atoms with Crippen molar-refractivity contribution >= 4 is 11.9 Å². The second kappa shape index (κ2) is 3.51. The molecule has 0 bridgehead atoms. The second-order valence-corrected chi connectivity index (χ2v) is 4.47. The summed E-state index contributed by atoms with van der Waals surface area (Å²) in [5, 5.41) is 0. The smallest absolute Gasteiger partial charge is 0.323 e. The fourth-order valence-electron chi connectivity index (χ4n) is 2.46. The lowest BCUT2D eigenvalue weighted by Crippen LogP contribution is -2.30. The first-order chi connectivity index (χ1) is 7.15. The molecule has 0 aromatic rings. The van der Waals surface area contributed by atoms with Crippen LogP contribution in [0, 0.1) is 17.3 Å². The molecule has 2 rings (SSSR count). The molecule has 0 amide bonds. The van der Waals surface area contributed by atoms with Crippen LogP contribution in [-0.4, -0.2) is 25.7 Å². The number of esters is 2. The van der Waals surface area contributed by atoms with Gasteiger partial charge in [0.25, 0.3) is 0 Å². The van der Waals surface area contributed by atoms with Crippen molar-refractivity contribution in [3.05, 3.63) is 0 Å². The van der Waals surface area contributed by atoms with Gasteiger partial charge in [0.15, 0.2) is 5.41 Å². The van der Waals surface area contributed by atoms with Crippen molar-refractivity contribution in [3.63, 3.8) is 0 Å². The summed E-state index contributed by atoms with van der Waals surface area (Å²) >= 11 is 0. The lowest BCUT2D eigenvalue weighted by molar-refractivity contribution is -0.163. The van der Waals surface area contributed by atoms with Gasteiger partial charge in [-0.25, -0.2) is 0 Å². The summed E-state index contributed by atoms with van der Waals surface area (Å²) in [5.74, 6) is -0.262. The number of hydrogen-bond acceptors (Lipinski definition) is 4. The van der Waals surface area contributed by atoms with E-state index in [1.165, 1.54) is 7.11 Å². The summed E-state index contributed by atoms with van der Waals surface area (Å²) in [6, 6.07) is 0. The summed E-state index contributed by atoms with van der Waals surface area (Å²) in [6.07, 6.45) is 2.49. The SMILES string of the molecule is CCC1COC(=O)C2(C(=O)OC)CC2C1. The third kappa shape index (κ3) is 1.43. The van der Waals surface area contributed by atoms with E-state index in [1.54, 1.807) is 0 Å². The fourth-order valence-corrected chi connectivity index (χ4v) is 2.46. The molecule has 1 aliphatic heterocycles. The Morgan fingerprint density at radius 3 is 3.00 bits per heavy atom. The Kier molecular flexibility index (Phi) is 2.44. The number of methoxy groups -OCH3 is 1. The van der Waals surface area contributed by atoms with Gasteiger partial charge in [0.2, 0.25) is 0 Å². The van der Waals surface area contributed by atoms with Gasteiger partial charge in [-0.3, -0.25) is 9.59 Å². The van der Waals surface area contributed by atoms with Crippen LogP contribution >= 0.6 is 0 Å². The number of rotatable bonds is 2. The van der Waals surface area contributed by atoms with Crippen molar-refractivity contribution in [2.45, 2.75) is 26.2 Å². The highest BCUT2D eigenvalue weighted by atomic mass is 16.6. The van der Waals surface area contributed by atoms with Crippen LogP contribution in [0.15, 0.2) is 0 Å². The van der Waals surface area contributed by atoms with E-state index in [4.69, 9.17) is 4.74 Å². The standard InChI is InChI=1S/C11H16O4/c1-3-7-4-8-5-11(8,9(12)14-2)10(13)15-6-7/h7-8H,3-6H2,1-2H3. The van der Waals surface area contributed by atoms with Crippen molar-refractivity contribution in [2.75, 3.05) is 13.7 Å². The third-order valence-corrected chi connectivity index (χ3v) is 3.66. The van der Waals surface area contributed by atoms with Crippen LogP contribution in [0.25, 0.3) is 0 Å². The minimum absolute atomic E-state index is 0.143. The highest BCUT2D eigenvalue weighted by Gasteiger charge is 2.68. The molecule has 4 nitrogen and oxygen atoms in total. The first kappa shape index (κ1) is 10.5. The Hall–Kier alpha value is -1.06. The van der Waals surface area contributed by atoms with Crippen LogP contribution in [0.1, 0.15) is 26.2 Å². The Balaban J connectivity index is 2.16. The van der Waals surface area contributed by atoms with E-state index in [0.29, 0.717) is 18.9 Å². The zero-order valence-electron chi connectivity index (χ0n) is 9.12. The molecule has 1 saturated carbocycles. The van der Waals surface area contributed by atoms with Crippen LogP contribution in [0.5, 0.6) is 0 Å². The van der Waals surface area contributed by atoms with Gasteiger partial charge in [-0.2, -0.15) is 0 Å². The number of hydrogen-bond donors (Lipinski definition) is 0. The minimum atomic E-state index is -0.946. The van der Waals surface area contributed by atoms with E-state index in [9.17, 15) is 9.59 Å². The quantitative estimate of drug-likeness (QED) is 0.508. The zero-order valence-corrected chi connectivity index (χ0v) is 9.12. The van der Waals surface area contributed by atoms with E-state index in [2.05, 4.69) is 11.7 Å². The molecule has 0 aromatic carbocycles. The maximum absolute atomic E-state index is 11.7. The van der Waals surface area contributed by atoms with Gasteiger partial charge in [-0.15, -0.1) is 0 Å². The predicted molar refractivity (Wildman–Crippen MR) is 51.9 cm³/mol. The largest absolute Gasteiger partial charge is 0.468 e.